The van der Waals surface area contributed by atoms with Crippen LogP contribution in [0.15, 0.2) is 36.4 Å². The molecule has 0 aliphatic carbocycles. The Morgan fingerprint density at radius 1 is 1.06 bits per heavy atom. The third-order valence-electron chi connectivity index (χ3n) is 5.58. The molecule has 0 bridgehead atoms. The fourth-order valence-corrected chi connectivity index (χ4v) is 4.44. The molecule has 2 aromatic carbocycles. The van der Waals surface area contributed by atoms with Crippen LogP contribution in [0, 0.1) is 13.8 Å². The lowest BCUT2D eigenvalue weighted by atomic mass is 10.1. The van der Waals surface area contributed by atoms with Crippen molar-refractivity contribution < 1.29 is 19.1 Å². The number of aromatic nitrogens is 2. The maximum atomic E-state index is 12.6. The van der Waals surface area contributed by atoms with E-state index in [2.05, 4.69) is 15.5 Å². The summed E-state index contributed by atoms with van der Waals surface area (Å²) in [5, 5.41) is 12.2. The zero-order chi connectivity index (χ0) is 22.8. The largest absolute Gasteiger partial charge is 0.493 e. The monoisotopic (exact) mass is 452 g/mol. The van der Waals surface area contributed by atoms with E-state index >= 15 is 0 Å². The SMILES string of the molecule is COc1ccc(C(=O)Nc2nnc([C@@H]3CC(=O)N(c4ccc(C)c(C)c4)C3)s2)cc1OC. The van der Waals surface area contributed by atoms with Crippen LogP contribution in [0.2, 0.25) is 0 Å². The fraction of sp³-hybridized carbons (Fsp3) is 0.304. The molecule has 1 atom stereocenters. The van der Waals surface area contributed by atoms with E-state index in [0.29, 0.717) is 35.2 Å². The van der Waals surface area contributed by atoms with Crippen LogP contribution in [0.5, 0.6) is 11.5 Å². The number of ether oxygens (including phenoxy) is 2. The van der Waals surface area contributed by atoms with Crippen molar-refractivity contribution >= 4 is 34.0 Å². The lowest BCUT2D eigenvalue weighted by molar-refractivity contribution is -0.117. The van der Waals surface area contributed by atoms with Crippen LogP contribution in [0.3, 0.4) is 0 Å². The second kappa shape index (κ2) is 8.96. The van der Waals surface area contributed by atoms with Gasteiger partial charge in [-0.15, -0.1) is 10.2 Å². The van der Waals surface area contributed by atoms with Crippen LogP contribution in [-0.4, -0.2) is 42.8 Å². The molecule has 32 heavy (non-hydrogen) atoms. The molecule has 2 amide bonds. The normalized spacial score (nSPS) is 15.7. The number of aryl methyl sites for hydroxylation is 2. The summed E-state index contributed by atoms with van der Waals surface area (Å²) in [5.41, 5.74) is 3.65. The van der Waals surface area contributed by atoms with Crippen LogP contribution in [-0.2, 0) is 4.79 Å². The third-order valence-corrected chi connectivity index (χ3v) is 6.58. The van der Waals surface area contributed by atoms with E-state index in [-0.39, 0.29) is 17.7 Å². The van der Waals surface area contributed by atoms with Gasteiger partial charge >= 0.3 is 0 Å². The van der Waals surface area contributed by atoms with Crippen molar-refractivity contribution in [1.29, 1.82) is 0 Å². The summed E-state index contributed by atoms with van der Waals surface area (Å²) in [6.07, 6.45) is 0.366. The summed E-state index contributed by atoms with van der Waals surface area (Å²) in [7, 11) is 3.05. The molecule has 9 heteroatoms. The first-order valence-corrected chi connectivity index (χ1v) is 11.0. The molecule has 2 heterocycles. The van der Waals surface area contributed by atoms with E-state index in [0.717, 1.165) is 16.3 Å². The average molecular weight is 453 g/mol. The molecule has 0 spiro atoms. The van der Waals surface area contributed by atoms with E-state index in [1.54, 1.807) is 23.1 Å². The van der Waals surface area contributed by atoms with Gasteiger partial charge in [-0.2, -0.15) is 0 Å². The predicted octanol–water partition coefficient (Wildman–Crippen LogP) is 3.94. The van der Waals surface area contributed by atoms with Gasteiger partial charge in [0.2, 0.25) is 11.0 Å². The molecule has 4 rings (SSSR count). The van der Waals surface area contributed by atoms with E-state index in [9.17, 15) is 9.59 Å². The maximum absolute atomic E-state index is 12.6. The Labute approximate surface area is 190 Å². The van der Waals surface area contributed by atoms with E-state index in [1.807, 2.05) is 32.0 Å². The van der Waals surface area contributed by atoms with Gasteiger partial charge in [-0.3, -0.25) is 14.9 Å². The Balaban J connectivity index is 1.45. The van der Waals surface area contributed by atoms with Crippen LogP contribution in [0.4, 0.5) is 10.8 Å². The predicted molar refractivity (Wildman–Crippen MR) is 123 cm³/mol. The first-order chi connectivity index (χ1) is 15.4. The molecule has 1 fully saturated rings. The standard InChI is InChI=1S/C23H24N4O4S/c1-13-5-7-17(9-14(13)2)27-12-16(11-20(27)28)22-25-26-23(32-22)24-21(29)15-6-8-18(30-3)19(10-15)31-4/h5-10,16H,11-12H2,1-4H3,(H,24,26,29)/t16-/m1/s1. The van der Waals surface area contributed by atoms with Crippen molar-refractivity contribution in [3.63, 3.8) is 0 Å². The minimum atomic E-state index is -0.326. The van der Waals surface area contributed by atoms with Gasteiger partial charge in [-0.25, -0.2) is 0 Å². The van der Waals surface area contributed by atoms with Gasteiger partial charge in [0.05, 0.1) is 14.2 Å². The summed E-state index contributed by atoms with van der Waals surface area (Å²) >= 11 is 1.29. The van der Waals surface area contributed by atoms with Crippen molar-refractivity contribution in [3.8, 4) is 11.5 Å². The topological polar surface area (TPSA) is 93.7 Å². The second-order valence-electron chi connectivity index (χ2n) is 7.64. The zero-order valence-electron chi connectivity index (χ0n) is 18.3. The van der Waals surface area contributed by atoms with E-state index in [1.165, 1.54) is 31.1 Å². The number of nitrogens with one attached hydrogen (secondary N) is 1. The molecule has 1 aromatic heterocycles. The van der Waals surface area contributed by atoms with Crippen molar-refractivity contribution in [1.82, 2.24) is 10.2 Å². The summed E-state index contributed by atoms with van der Waals surface area (Å²) < 4.78 is 10.5. The lowest BCUT2D eigenvalue weighted by Gasteiger charge is -2.17. The highest BCUT2D eigenvalue weighted by molar-refractivity contribution is 7.15. The first kappa shape index (κ1) is 21.8. The molecule has 1 saturated heterocycles. The van der Waals surface area contributed by atoms with Gasteiger partial charge in [-0.1, -0.05) is 17.4 Å². The van der Waals surface area contributed by atoms with Crippen molar-refractivity contribution in [2.45, 2.75) is 26.2 Å². The van der Waals surface area contributed by atoms with Crippen LogP contribution < -0.4 is 19.7 Å². The van der Waals surface area contributed by atoms with Crippen molar-refractivity contribution in [3.05, 3.63) is 58.1 Å². The van der Waals surface area contributed by atoms with Gasteiger partial charge in [0.25, 0.3) is 5.91 Å². The number of hydrogen-bond donors (Lipinski definition) is 1. The summed E-state index contributed by atoms with van der Waals surface area (Å²) in [4.78, 5) is 27.0. The molecule has 1 aliphatic heterocycles. The second-order valence-corrected chi connectivity index (χ2v) is 8.65. The summed E-state index contributed by atoms with van der Waals surface area (Å²) in [6, 6.07) is 11.0. The van der Waals surface area contributed by atoms with Crippen molar-refractivity contribution in [2.24, 2.45) is 0 Å². The average Bonchev–Trinajstić information content (AvgIpc) is 3.41. The number of methoxy groups -OCH3 is 2. The fourth-order valence-electron chi connectivity index (χ4n) is 3.61. The van der Waals surface area contributed by atoms with Gasteiger partial charge in [0.1, 0.15) is 5.01 Å². The number of carbonyl (C=O) groups excluding carboxylic acids is 2. The van der Waals surface area contributed by atoms with Crippen LogP contribution >= 0.6 is 11.3 Å². The third kappa shape index (κ3) is 4.29. The van der Waals surface area contributed by atoms with Gasteiger partial charge in [0, 0.05) is 30.1 Å². The Hall–Kier alpha value is -3.46. The minimum absolute atomic E-state index is 0.0596. The molecule has 1 aliphatic rings. The smallest absolute Gasteiger partial charge is 0.257 e. The molecule has 1 N–H and O–H groups in total. The lowest BCUT2D eigenvalue weighted by Crippen LogP contribution is -2.24. The molecular formula is C23H24N4O4S. The molecule has 0 saturated carbocycles. The van der Waals surface area contributed by atoms with E-state index in [4.69, 9.17) is 9.47 Å². The Morgan fingerprint density at radius 3 is 2.56 bits per heavy atom. The highest BCUT2D eigenvalue weighted by Crippen LogP contribution is 2.35. The molecule has 8 nitrogen and oxygen atoms in total. The Morgan fingerprint density at radius 2 is 1.84 bits per heavy atom. The van der Waals surface area contributed by atoms with Crippen LogP contribution in [0.1, 0.15) is 38.8 Å². The molecule has 0 unspecified atom stereocenters. The summed E-state index contributed by atoms with van der Waals surface area (Å²) in [6.45, 7) is 4.63. The number of carbonyl (C=O) groups is 2. The highest BCUT2D eigenvalue weighted by atomic mass is 32.1. The van der Waals surface area contributed by atoms with Gasteiger partial charge in [-0.05, 0) is 55.3 Å². The molecule has 3 aromatic rings. The van der Waals surface area contributed by atoms with E-state index < -0.39 is 0 Å². The minimum Gasteiger partial charge on any atom is -0.493 e. The first-order valence-electron chi connectivity index (χ1n) is 10.1. The number of amides is 2. The summed E-state index contributed by atoms with van der Waals surface area (Å²) in [5.74, 6) is 0.682. The molecule has 166 valence electrons. The molecule has 0 radical (unpaired) electrons. The Bertz CT molecular complexity index is 1180. The number of rotatable bonds is 6. The highest BCUT2D eigenvalue weighted by Gasteiger charge is 2.34. The number of benzene rings is 2. The number of anilines is 2. The van der Waals surface area contributed by atoms with Gasteiger partial charge < -0.3 is 14.4 Å². The van der Waals surface area contributed by atoms with Crippen LogP contribution in [0.25, 0.3) is 0 Å². The molecular weight excluding hydrogens is 428 g/mol. The van der Waals surface area contributed by atoms with Gasteiger partial charge in [0.15, 0.2) is 11.5 Å². The quantitative estimate of drug-likeness (QED) is 0.609. The maximum Gasteiger partial charge on any atom is 0.257 e. The van der Waals surface area contributed by atoms with Crippen molar-refractivity contribution in [2.75, 3.05) is 31.0 Å². The number of nitrogens with zero attached hydrogens (tertiary/aromatic N) is 3. The number of hydrogen-bond acceptors (Lipinski definition) is 7. The zero-order valence-corrected chi connectivity index (χ0v) is 19.2. The Kier molecular flexibility index (Phi) is 6.09.